The van der Waals surface area contributed by atoms with Crippen molar-refractivity contribution in [2.24, 2.45) is 11.8 Å². The summed E-state index contributed by atoms with van der Waals surface area (Å²) in [5.74, 6) is 1.47. The molecule has 2 aliphatic heterocycles. The Kier molecular flexibility index (Phi) is 6.74. The zero-order chi connectivity index (χ0) is 17.6. The van der Waals surface area contributed by atoms with Gasteiger partial charge < -0.3 is 10.2 Å². The van der Waals surface area contributed by atoms with E-state index in [2.05, 4.69) is 34.2 Å². The topological polar surface area (TPSA) is 35.6 Å². The second-order valence-electron chi connectivity index (χ2n) is 7.57. The Morgan fingerprint density at radius 3 is 2.60 bits per heavy atom. The normalized spacial score (nSPS) is 23.4. The molecule has 1 N–H and O–H groups in total. The molecule has 2 atom stereocenters. The van der Waals surface area contributed by atoms with Crippen molar-refractivity contribution in [3.8, 4) is 0 Å². The first-order chi connectivity index (χ1) is 12.1. The highest BCUT2D eigenvalue weighted by molar-refractivity contribution is 6.30. The van der Waals surface area contributed by atoms with Gasteiger partial charge in [0.1, 0.15) is 0 Å². The molecule has 2 aliphatic rings. The number of carbonyl (C=O) groups excluding carboxylic acids is 1. The fraction of sp³-hybridized carbons (Fsp3) is 0.650. The van der Waals surface area contributed by atoms with Crippen LogP contribution in [0.15, 0.2) is 24.3 Å². The number of halogens is 1. The van der Waals surface area contributed by atoms with Gasteiger partial charge in [0.25, 0.3) is 0 Å². The zero-order valence-electron chi connectivity index (χ0n) is 15.2. The van der Waals surface area contributed by atoms with Crippen LogP contribution in [0.4, 0.5) is 0 Å². The first-order valence-electron chi connectivity index (χ1n) is 9.57. The lowest BCUT2D eigenvalue weighted by molar-refractivity contribution is -0.134. The third-order valence-corrected chi connectivity index (χ3v) is 5.93. The van der Waals surface area contributed by atoms with E-state index in [-0.39, 0.29) is 0 Å². The Morgan fingerprint density at radius 2 is 1.96 bits per heavy atom. The maximum Gasteiger partial charge on any atom is 0.222 e. The van der Waals surface area contributed by atoms with Gasteiger partial charge in [-0.3, -0.25) is 9.69 Å². The first-order valence-corrected chi connectivity index (χ1v) is 9.95. The maximum atomic E-state index is 12.6. The molecule has 5 heteroatoms. The Hall–Kier alpha value is -1.10. The lowest BCUT2D eigenvalue weighted by Crippen LogP contribution is -2.48. The number of piperazine rings is 1. The van der Waals surface area contributed by atoms with E-state index in [1.54, 1.807) is 0 Å². The third kappa shape index (κ3) is 5.44. The predicted octanol–water partition coefficient (Wildman–Crippen LogP) is 3.01. The van der Waals surface area contributed by atoms with Crippen molar-refractivity contribution in [1.82, 2.24) is 15.1 Å². The minimum atomic E-state index is 0.337. The van der Waals surface area contributed by atoms with Crippen molar-refractivity contribution in [2.45, 2.75) is 32.7 Å². The molecular weight excluding hydrogens is 334 g/mol. The second-order valence-corrected chi connectivity index (χ2v) is 8.01. The van der Waals surface area contributed by atoms with Gasteiger partial charge in [0, 0.05) is 44.2 Å². The van der Waals surface area contributed by atoms with Crippen molar-refractivity contribution >= 4 is 17.5 Å². The van der Waals surface area contributed by atoms with Crippen molar-refractivity contribution in [2.75, 3.05) is 39.3 Å². The highest BCUT2D eigenvalue weighted by Gasteiger charge is 2.26. The summed E-state index contributed by atoms with van der Waals surface area (Å²) in [7, 11) is 0. The third-order valence-electron chi connectivity index (χ3n) is 5.68. The minimum absolute atomic E-state index is 0.337. The van der Waals surface area contributed by atoms with E-state index in [9.17, 15) is 4.79 Å². The van der Waals surface area contributed by atoms with E-state index < -0.39 is 0 Å². The summed E-state index contributed by atoms with van der Waals surface area (Å²) in [4.78, 5) is 17.1. The van der Waals surface area contributed by atoms with Crippen LogP contribution in [0.1, 0.15) is 31.7 Å². The number of piperidine rings is 1. The van der Waals surface area contributed by atoms with Crippen molar-refractivity contribution in [1.29, 1.82) is 0 Å². The monoisotopic (exact) mass is 363 g/mol. The number of hydrogen-bond acceptors (Lipinski definition) is 3. The molecule has 1 aromatic rings. The van der Waals surface area contributed by atoms with Gasteiger partial charge in [-0.1, -0.05) is 30.7 Å². The van der Waals surface area contributed by atoms with E-state index in [0.717, 1.165) is 50.8 Å². The highest BCUT2D eigenvalue weighted by atomic mass is 35.5. The maximum absolute atomic E-state index is 12.6. The predicted molar refractivity (Wildman–Crippen MR) is 103 cm³/mol. The molecule has 3 rings (SSSR count). The van der Waals surface area contributed by atoms with Crippen LogP contribution in [0.2, 0.25) is 5.02 Å². The molecule has 25 heavy (non-hydrogen) atoms. The van der Waals surface area contributed by atoms with Gasteiger partial charge in [0.15, 0.2) is 0 Å². The quantitative estimate of drug-likeness (QED) is 0.873. The van der Waals surface area contributed by atoms with Gasteiger partial charge in [-0.25, -0.2) is 0 Å². The lowest BCUT2D eigenvalue weighted by Gasteiger charge is -2.36. The zero-order valence-corrected chi connectivity index (χ0v) is 16.0. The standard InChI is InChI=1S/C20H30ClN3O/c1-16(18-3-2-8-22-14-18)13-20(25)24-11-9-23(10-12-24)15-17-4-6-19(21)7-5-17/h4-7,16,18,22H,2-3,8-15H2,1H3. The number of nitrogens with one attached hydrogen (secondary N) is 1. The molecule has 1 aromatic carbocycles. The van der Waals surface area contributed by atoms with Gasteiger partial charge in [-0.05, 0) is 55.5 Å². The molecular formula is C20H30ClN3O. The van der Waals surface area contributed by atoms with Crippen molar-refractivity contribution < 1.29 is 4.79 Å². The van der Waals surface area contributed by atoms with Crippen LogP contribution in [0.5, 0.6) is 0 Å². The molecule has 1 amide bonds. The largest absolute Gasteiger partial charge is 0.340 e. The summed E-state index contributed by atoms with van der Waals surface area (Å²) in [5.41, 5.74) is 1.28. The van der Waals surface area contributed by atoms with Crippen LogP contribution < -0.4 is 5.32 Å². The number of carbonyl (C=O) groups is 1. The number of hydrogen-bond donors (Lipinski definition) is 1. The number of nitrogens with zero attached hydrogens (tertiary/aromatic N) is 2. The van der Waals surface area contributed by atoms with Crippen molar-refractivity contribution in [3.63, 3.8) is 0 Å². The number of benzene rings is 1. The second kappa shape index (κ2) is 9.02. The van der Waals surface area contributed by atoms with Crippen LogP contribution in [0.25, 0.3) is 0 Å². The van der Waals surface area contributed by atoms with Gasteiger partial charge in [-0.15, -0.1) is 0 Å². The van der Waals surface area contributed by atoms with E-state index in [0.29, 0.717) is 24.2 Å². The molecule has 0 bridgehead atoms. The molecule has 0 saturated carbocycles. The van der Waals surface area contributed by atoms with Gasteiger partial charge in [-0.2, -0.15) is 0 Å². The van der Waals surface area contributed by atoms with E-state index in [1.165, 1.54) is 18.4 Å². The Labute approximate surface area is 156 Å². The summed E-state index contributed by atoms with van der Waals surface area (Å²) in [6.45, 7) is 8.98. The molecule has 0 aromatic heterocycles. The van der Waals surface area contributed by atoms with Gasteiger partial charge in [0.05, 0.1) is 0 Å². The Balaban J connectivity index is 1.41. The molecule has 0 radical (unpaired) electrons. The molecule has 4 nitrogen and oxygen atoms in total. The summed E-state index contributed by atoms with van der Waals surface area (Å²) in [6, 6.07) is 8.05. The van der Waals surface area contributed by atoms with Crippen LogP contribution in [0.3, 0.4) is 0 Å². The summed E-state index contributed by atoms with van der Waals surface area (Å²) in [6.07, 6.45) is 3.20. The van der Waals surface area contributed by atoms with E-state index in [1.807, 2.05) is 12.1 Å². The van der Waals surface area contributed by atoms with Gasteiger partial charge >= 0.3 is 0 Å². The van der Waals surface area contributed by atoms with Crippen LogP contribution >= 0.6 is 11.6 Å². The van der Waals surface area contributed by atoms with Crippen LogP contribution in [-0.2, 0) is 11.3 Å². The average Bonchev–Trinajstić information content (AvgIpc) is 2.65. The smallest absolute Gasteiger partial charge is 0.222 e. The molecule has 2 fully saturated rings. The minimum Gasteiger partial charge on any atom is -0.340 e. The Bertz CT molecular complexity index is 549. The molecule has 2 saturated heterocycles. The SMILES string of the molecule is CC(CC(=O)N1CCN(Cc2ccc(Cl)cc2)CC1)C1CCCNC1. The van der Waals surface area contributed by atoms with Crippen LogP contribution in [-0.4, -0.2) is 55.0 Å². The fourth-order valence-corrected chi connectivity index (χ4v) is 4.07. The molecule has 0 aliphatic carbocycles. The van der Waals surface area contributed by atoms with Gasteiger partial charge in [0.2, 0.25) is 5.91 Å². The summed E-state index contributed by atoms with van der Waals surface area (Å²) < 4.78 is 0. The molecule has 2 heterocycles. The lowest BCUT2D eigenvalue weighted by atomic mass is 9.85. The fourth-order valence-electron chi connectivity index (χ4n) is 3.94. The molecule has 138 valence electrons. The Morgan fingerprint density at radius 1 is 1.24 bits per heavy atom. The van der Waals surface area contributed by atoms with Crippen molar-refractivity contribution in [3.05, 3.63) is 34.9 Å². The summed E-state index contributed by atoms with van der Waals surface area (Å²) >= 11 is 5.94. The average molecular weight is 364 g/mol. The number of amides is 1. The molecule has 2 unspecified atom stereocenters. The molecule has 0 spiro atoms. The van der Waals surface area contributed by atoms with Crippen LogP contribution in [0, 0.1) is 11.8 Å². The van der Waals surface area contributed by atoms with E-state index >= 15 is 0 Å². The summed E-state index contributed by atoms with van der Waals surface area (Å²) in [5, 5.41) is 4.24. The first kappa shape index (κ1) is 18.7. The number of rotatable bonds is 5. The highest BCUT2D eigenvalue weighted by Crippen LogP contribution is 2.23. The van der Waals surface area contributed by atoms with E-state index in [4.69, 9.17) is 11.6 Å².